The molecule has 2 N–H and O–H groups in total. The summed E-state index contributed by atoms with van der Waals surface area (Å²) in [6.07, 6.45) is 0. The fourth-order valence-electron chi connectivity index (χ4n) is 2.22. The number of hydrogen-bond acceptors (Lipinski definition) is 3. The SMILES string of the molecule is NC(=O)c1cccc(N2C(=O)c3ccccc3C2=O)c1. The Labute approximate surface area is 114 Å². The van der Waals surface area contributed by atoms with Gasteiger partial charge in [-0.3, -0.25) is 14.4 Å². The third-order valence-electron chi connectivity index (χ3n) is 3.18. The largest absolute Gasteiger partial charge is 0.366 e. The van der Waals surface area contributed by atoms with E-state index in [9.17, 15) is 14.4 Å². The Hall–Kier alpha value is -2.95. The van der Waals surface area contributed by atoms with Crippen molar-refractivity contribution >= 4 is 23.4 Å². The van der Waals surface area contributed by atoms with Gasteiger partial charge in [-0.15, -0.1) is 0 Å². The Morgan fingerprint density at radius 3 is 2.05 bits per heavy atom. The normalized spacial score (nSPS) is 13.5. The molecule has 3 rings (SSSR count). The van der Waals surface area contributed by atoms with Gasteiger partial charge in [-0.2, -0.15) is 0 Å². The molecule has 0 saturated carbocycles. The molecule has 2 aromatic rings. The van der Waals surface area contributed by atoms with E-state index in [-0.39, 0.29) is 5.56 Å². The number of rotatable bonds is 2. The third kappa shape index (κ3) is 1.68. The van der Waals surface area contributed by atoms with Gasteiger partial charge in [0.2, 0.25) is 5.91 Å². The summed E-state index contributed by atoms with van der Waals surface area (Å²) in [6, 6.07) is 12.8. The van der Waals surface area contributed by atoms with E-state index >= 15 is 0 Å². The quantitative estimate of drug-likeness (QED) is 0.838. The first-order valence-corrected chi connectivity index (χ1v) is 5.97. The van der Waals surface area contributed by atoms with Crippen LogP contribution in [0.4, 0.5) is 5.69 Å². The molecule has 0 saturated heterocycles. The van der Waals surface area contributed by atoms with Crippen molar-refractivity contribution in [3.63, 3.8) is 0 Å². The van der Waals surface area contributed by atoms with Crippen molar-refractivity contribution in [1.29, 1.82) is 0 Å². The standard InChI is InChI=1S/C15H10N2O3/c16-13(18)9-4-3-5-10(8-9)17-14(19)11-6-1-2-7-12(11)15(17)20/h1-8H,(H2,16,18). The number of benzene rings is 2. The van der Waals surface area contributed by atoms with Gasteiger partial charge in [0, 0.05) is 5.56 Å². The van der Waals surface area contributed by atoms with E-state index in [0.29, 0.717) is 16.8 Å². The number of carbonyl (C=O) groups excluding carboxylic acids is 3. The summed E-state index contributed by atoms with van der Waals surface area (Å²) in [4.78, 5) is 36.8. The van der Waals surface area contributed by atoms with Crippen LogP contribution in [0.15, 0.2) is 48.5 Å². The van der Waals surface area contributed by atoms with E-state index < -0.39 is 17.7 Å². The van der Waals surface area contributed by atoms with Crippen LogP contribution in [0.25, 0.3) is 0 Å². The van der Waals surface area contributed by atoms with Crippen LogP contribution in [0.2, 0.25) is 0 Å². The van der Waals surface area contributed by atoms with Gasteiger partial charge < -0.3 is 5.73 Å². The van der Waals surface area contributed by atoms with Crippen molar-refractivity contribution in [2.24, 2.45) is 5.73 Å². The second-order valence-corrected chi connectivity index (χ2v) is 4.41. The lowest BCUT2D eigenvalue weighted by Crippen LogP contribution is -2.29. The average molecular weight is 266 g/mol. The summed E-state index contributed by atoms with van der Waals surface area (Å²) in [5, 5.41) is 0. The summed E-state index contributed by atoms with van der Waals surface area (Å²) in [6.45, 7) is 0. The number of primary amides is 1. The molecule has 0 unspecified atom stereocenters. The molecule has 0 bridgehead atoms. The predicted molar refractivity (Wildman–Crippen MR) is 72.5 cm³/mol. The van der Waals surface area contributed by atoms with Crippen LogP contribution in [0.1, 0.15) is 31.1 Å². The monoisotopic (exact) mass is 266 g/mol. The number of amides is 3. The maximum atomic E-state index is 12.3. The van der Waals surface area contributed by atoms with Gasteiger partial charge in [0.1, 0.15) is 0 Å². The minimum Gasteiger partial charge on any atom is -0.366 e. The lowest BCUT2D eigenvalue weighted by Gasteiger charge is -2.14. The number of fused-ring (bicyclic) bond motifs is 1. The summed E-state index contributed by atoms with van der Waals surface area (Å²) in [5.41, 5.74) is 6.52. The van der Waals surface area contributed by atoms with E-state index in [1.165, 1.54) is 12.1 Å². The van der Waals surface area contributed by atoms with Gasteiger partial charge in [0.25, 0.3) is 11.8 Å². The molecule has 20 heavy (non-hydrogen) atoms. The van der Waals surface area contributed by atoms with Crippen molar-refractivity contribution in [3.05, 3.63) is 65.2 Å². The molecular weight excluding hydrogens is 256 g/mol. The van der Waals surface area contributed by atoms with Gasteiger partial charge in [-0.1, -0.05) is 18.2 Å². The molecule has 98 valence electrons. The van der Waals surface area contributed by atoms with Crippen LogP contribution < -0.4 is 10.6 Å². The Morgan fingerprint density at radius 2 is 1.50 bits per heavy atom. The highest BCUT2D eigenvalue weighted by molar-refractivity contribution is 6.34. The molecule has 0 aliphatic carbocycles. The van der Waals surface area contributed by atoms with Gasteiger partial charge in [-0.05, 0) is 30.3 Å². The Bertz CT molecular complexity index is 717. The molecule has 1 aliphatic rings. The molecule has 0 spiro atoms. The fraction of sp³-hybridized carbons (Fsp3) is 0. The topological polar surface area (TPSA) is 80.5 Å². The average Bonchev–Trinajstić information content (AvgIpc) is 2.72. The smallest absolute Gasteiger partial charge is 0.266 e. The number of hydrogen-bond donors (Lipinski definition) is 1. The maximum absolute atomic E-state index is 12.3. The molecular formula is C15H10N2O3. The highest BCUT2D eigenvalue weighted by Crippen LogP contribution is 2.28. The zero-order valence-electron chi connectivity index (χ0n) is 10.4. The van der Waals surface area contributed by atoms with Crippen LogP contribution in [-0.2, 0) is 0 Å². The van der Waals surface area contributed by atoms with Gasteiger partial charge in [-0.25, -0.2) is 4.90 Å². The van der Waals surface area contributed by atoms with Crippen LogP contribution in [0.3, 0.4) is 0 Å². The molecule has 0 aromatic heterocycles. The molecule has 1 heterocycles. The first-order valence-electron chi connectivity index (χ1n) is 5.97. The van der Waals surface area contributed by atoms with Gasteiger partial charge in [0.15, 0.2) is 0 Å². The summed E-state index contributed by atoms with van der Waals surface area (Å²) >= 11 is 0. The van der Waals surface area contributed by atoms with Crippen LogP contribution in [0, 0.1) is 0 Å². The molecule has 5 nitrogen and oxygen atoms in total. The first-order chi connectivity index (χ1) is 9.59. The first kappa shape index (κ1) is 12.1. The van der Waals surface area contributed by atoms with Crippen molar-refractivity contribution in [2.45, 2.75) is 0 Å². The number of nitrogens with two attached hydrogens (primary N) is 1. The Kier molecular flexibility index (Phi) is 2.61. The molecule has 2 aromatic carbocycles. The van der Waals surface area contributed by atoms with Crippen molar-refractivity contribution in [1.82, 2.24) is 0 Å². The molecule has 0 atom stereocenters. The molecule has 0 fully saturated rings. The summed E-state index contributed by atoms with van der Waals surface area (Å²) in [7, 11) is 0. The Morgan fingerprint density at radius 1 is 0.900 bits per heavy atom. The molecule has 5 heteroatoms. The second-order valence-electron chi connectivity index (χ2n) is 4.41. The lowest BCUT2D eigenvalue weighted by atomic mass is 10.1. The highest BCUT2D eigenvalue weighted by atomic mass is 16.2. The summed E-state index contributed by atoms with van der Waals surface area (Å²) in [5.74, 6) is -1.40. The minimum atomic E-state index is -0.608. The molecule has 1 aliphatic heterocycles. The highest BCUT2D eigenvalue weighted by Gasteiger charge is 2.36. The van der Waals surface area contributed by atoms with E-state index in [1.807, 2.05) is 0 Å². The van der Waals surface area contributed by atoms with Crippen LogP contribution >= 0.6 is 0 Å². The third-order valence-corrected chi connectivity index (χ3v) is 3.18. The molecule has 3 amide bonds. The maximum Gasteiger partial charge on any atom is 0.266 e. The number of anilines is 1. The summed E-state index contributed by atoms with van der Waals surface area (Å²) < 4.78 is 0. The van der Waals surface area contributed by atoms with E-state index in [1.54, 1.807) is 36.4 Å². The second kappa shape index (κ2) is 4.31. The predicted octanol–water partition coefficient (Wildman–Crippen LogP) is 1.59. The van der Waals surface area contributed by atoms with Crippen molar-refractivity contribution in [2.75, 3.05) is 4.90 Å². The van der Waals surface area contributed by atoms with E-state index in [4.69, 9.17) is 5.73 Å². The zero-order valence-corrected chi connectivity index (χ0v) is 10.4. The van der Waals surface area contributed by atoms with Crippen LogP contribution in [0.5, 0.6) is 0 Å². The van der Waals surface area contributed by atoms with Crippen molar-refractivity contribution in [3.8, 4) is 0 Å². The Balaban J connectivity index is 2.09. The number of carbonyl (C=O) groups is 3. The minimum absolute atomic E-state index is 0.249. The van der Waals surface area contributed by atoms with Gasteiger partial charge >= 0.3 is 0 Å². The van der Waals surface area contributed by atoms with Crippen molar-refractivity contribution < 1.29 is 14.4 Å². The number of imide groups is 1. The van der Waals surface area contributed by atoms with Crippen LogP contribution in [-0.4, -0.2) is 17.7 Å². The van der Waals surface area contributed by atoms with Gasteiger partial charge in [0.05, 0.1) is 16.8 Å². The van der Waals surface area contributed by atoms with E-state index in [0.717, 1.165) is 4.90 Å². The number of nitrogens with zero attached hydrogens (tertiary/aromatic N) is 1. The zero-order chi connectivity index (χ0) is 14.3. The van der Waals surface area contributed by atoms with E-state index in [2.05, 4.69) is 0 Å². The fourth-order valence-corrected chi connectivity index (χ4v) is 2.22. The lowest BCUT2D eigenvalue weighted by molar-refractivity contribution is 0.0923. The molecule has 0 radical (unpaired) electrons.